The Morgan fingerprint density at radius 3 is 2.81 bits per heavy atom. The van der Waals surface area contributed by atoms with Crippen molar-refractivity contribution in [1.29, 1.82) is 0 Å². The van der Waals surface area contributed by atoms with Crippen molar-refractivity contribution in [2.45, 2.75) is 27.2 Å². The van der Waals surface area contributed by atoms with E-state index in [1.165, 1.54) is 0 Å². The fourth-order valence-electron chi connectivity index (χ4n) is 3.72. The van der Waals surface area contributed by atoms with Crippen LogP contribution in [0.1, 0.15) is 31.5 Å². The van der Waals surface area contributed by atoms with E-state index in [0.717, 1.165) is 62.6 Å². The van der Waals surface area contributed by atoms with Gasteiger partial charge in [0.15, 0.2) is 0 Å². The highest BCUT2D eigenvalue weighted by Crippen LogP contribution is 2.30. The third kappa shape index (κ3) is 4.54. The molecule has 4 aromatic rings. The number of allylic oxidation sites excluding steroid dienone is 3. The van der Waals surface area contributed by atoms with Crippen LogP contribution in [0.25, 0.3) is 39.6 Å². The number of aromatic amines is 2. The first-order chi connectivity index (χ1) is 15.4. The molecular weight excluding hydrogens is 396 g/mol. The highest BCUT2D eigenvalue weighted by atomic mass is 15.1. The Bertz CT molecular complexity index is 1310. The van der Waals surface area contributed by atoms with Gasteiger partial charge < -0.3 is 10.3 Å². The maximum absolute atomic E-state index is 4.62. The maximum atomic E-state index is 4.62. The molecule has 6 nitrogen and oxygen atoms in total. The summed E-state index contributed by atoms with van der Waals surface area (Å²) >= 11 is 0. The van der Waals surface area contributed by atoms with Crippen LogP contribution in [0.15, 0.2) is 67.8 Å². The molecule has 0 amide bonds. The van der Waals surface area contributed by atoms with Gasteiger partial charge in [-0.1, -0.05) is 45.2 Å². The molecule has 3 N–H and O–H groups in total. The van der Waals surface area contributed by atoms with Crippen LogP contribution in [-0.4, -0.2) is 25.1 Å². The lowest BCUT2D eigenvalue weighted by Gasteiger charge is -2.12. The zero-order valence-electron chi connectivity index (χ0n) is 18.7. The summed E-state index contributed by atoms with van der Waals surface area (Å²) in [5.74, 6) is 0.541. The molecule has 0 aliphatic rings. The first-order valence-electron chi connectivity index (χ1n) is 10.7. The van der Waals surface area contributed by atoms with E-state index in [9.17, 15) is 0 Å². The average molecular weight is 425 g/mol. The molecular formula is C26H28N6. The van der Waals surface area contributed by atoms with Crippen LogP contribution in [-0.2, 0) is 0 Å². The molecule has 0 unspecified atom stereocenters. The summed E-state index contributed by atoms with van der Waals surface area (Å²) in [5.41, 5.74) is 8.52. The number of aryl methyl sites for hydroxylation is 1. The fraction of sp³-hybridized carbons (Fsp3) is 0.192. The SMILES string of the molecule is C=C/C=C\c1cc(-c2n[nH]c3cnc(-c4cncc(NC(=C)CC(C)C)c4)cc23)[nH]c1C. The Balaban J connectivity index is 1.68. The molecule has 0 atom stereocenters. The molecule has 4 rings (SSSR count). The summed E-state index contributed by atoms with van der Waals surface area (Å²) in [4.78, 5) is 12.5. The third-order valence-corrected chi connectivity index (χ3v) is 5.18. The number of fused-ring (bicyclic) bond motifs is 1. The molecule has 0 saturated carbocycles. The summed E-state index contributed by atoms with van der Waals surface area (Å²) < 4.78 is 0. The van der Waals surface area contributed by atoms with Gasteiger partial charge in [-0.05, 0) is 43.0 Å². The first kappa shape index (κ1) is 21.3. The number of rotatable bonds is 8. The Labute approximate surface area is 188 Å². The van der Waals surface area contributed by atoms with Gasteiger partial charge >= 0.3 is 0 Å². The largest absolute Gasteiger partial charge is 0.358 e. The first-order valence-corrected chi connectivity index (χ1v) is 10.7. The van der Waals surface area contributed by atoms with Crippen LogP contribution >= 0.6 is 0 Å². The van der Waals surface area contributed by atoms with Gasteiger partial charge in [-0.2, -0.15) is 5.10 Å². The smallest absolute Gasteiger partial charge is 0.116 e. The van der Waals surface area contributed by atoms with Crippen molar-refractivity contribution in [3.8, 4) is 22.6 Å². The number of aromatic nitrogens is 5. The predicted molar refractivity (Wildman–Crippen MR) is 133 cm³/mol. The topological polar surface area (TPSA) is 82.3 Å². The number of hydrogen-bond donors (Lipinski definition) is 3. The molecule has 0 spiro atoms. The number of hydrogen-bond acceptors (Lipinski definition) is 4. The van der Waals surface area contributed by atoms with Gasteiger partial charge in [0.25, 0.3) is 0 Å². The molecule has 4 heterocycles. The minimum Gasteiger partial charge on any atom is -0.358 e. The van der Waals surface area contributed by atoms with Crippen molar-refractivity contribution in [1.82, 2.24) is 25.1 Å². The lowest BCUT2D eigenvalue weighted by atomic mass is 10.1. The normalized spacial score (nSPS) is 11.5. The molecule has 6 heteroatoms. The van der Waals surface area contributed by atoms with Crippen molar-refractivity contribution in [2.75, 3.05) is 5.32 Å². The van der Waals surface area contributed by atoms with E-state index < -0.39 is 0 Å². The summed E-state index contributed by atoms with van der Waals surface area (Å²) in [6.45, 7) is 14.3. The van der Waals surface area contributed by atoms with E-state index in [4.69, 9.17) is 0 Å². The minimum atomic E-state index is 0.541. The number of H-pyrrole nitrogens is 2. The van der Waals surface area contributed by atoms with Gasteiger partial charge in [-0.3, -0.25) is 15.1 Å². The second kappa shape index (κ2) is 9.06. The second-order valence-electron chi connectivity index (χ2n) is 8.33. The van der Waals surface area contributed by atoms with Crippen LogP contribution in [0.5, 0.6) is 0 Å². The van der Waals surface area contributed by atoms with Crippen molar-refractivity contribution >= 4 is 22.7 Å². The second-order valence-corrected chi connectivity index (χ2v) is 8.33. The fourth-order valence-corrected chi connectivity index (χ4v) is 3.72. The van der Waals surface area contributed by atoms with Gasteiger partial charge in [-0.15, -0.1) is 0 Å². The van der Waals surface area contributed by atoms with Gasteiger partial charge in [0, 0.05) is 28.5 Å². The summed E-state index contributed by atoms with van der Waals surface area (Å²) in [6, 6.07) is 6.19. The Hall–Kier alpha value is -3.93. The zero-order chi connectivity index (χ0) is 22.7. The van der Waals surface area contributed by atoms with Crippen LogP contribution < -0.4 is 5.32 Å². The zero-order valence-corrected chi connectivity index (χ0v) is 18.7. The molecule has 0 aliphatic heterocycles. The molecule has 0 fully saturated rings. The summed E-state index contributed by atoms with van der Waals surface area (Å²) in [6.07, 6.45) is 12.1. The highest BCUT2D eigenvalue weighted by molar-refractivity contribution is 5.94. The Morgan fingerprint density at radius 2 is 2.03 bits per heavy atom. The molecule has 4 aromatic heterocycles. The van der Waals surface area contributed by atoms with Crippen LogP contribution in [0.4, 0.5) is 5.69 Å². The number of pyridine rings is 2. The van der Waals surface area contributed by atoms with Gasteiger partial charge in [0.2, 0.25) is 0 Å². The van der Waals surface area contributed by atoms with E-state index in [1.54, 1.807) is 12.3 Å². The quantitative estimate of drug-likeness (QED) is 0.282. The summed E-state index contributed by atoms with van der Waals surface area (Å²) in [5, 5.41) is 12.0. The van der Waals surface area contributed by atoms with Crippen molar-refractivity contribution in [2.24, 2.45) is 5.92 Å². The lowest BCUT2D eigenvalue weighted by molar-refractivity contribution is 0.645. The molecule has 0 bridgehead atoms. The van der Waals surface area contributed by atoms with Gasteiger partial charge in [0.05, 0.1) is 35.0 Å². The molecule has 32 heavy (non-hydrogen) atoms. The maximum Gasteiger partial charge on any atom is 0.116 e. The lowest BCUT2D eigenvalue weighted by Crippen LogP contribution is -2.02. The van der Waals surface area contributed by atoms with Gasteiger partial charge in [0.1, 0.15) is 5.69 Å². The third-order valence-electron chi connectivity index (χ3n) is 5.18. The minimum absolute atomic E-state index is 0.541. The number of nitrogens with zero attached hydrogens (tertiary/aromatic N) is 3. The van der Waals surface area contributed by atoms with Gasteiger partial charge in [-0.25, -0.2) is 0 Å². The van der Waals surface area contributed by atoms with Crippen molar-refractivity contribution < 1.29 is 0 Å². The molecule has 0 radical (unpaired) electrons. The number of nitrogens with one attached hydrogen (secondary N) is 3. The van der Waals surface area contributed by atoms with E-state index in [2.05, 4.69) is 63.5 Å². The Morgan fingerprint density at radius 1 is 1.19 bits per heavy atom. The van der Waals surface area contributed by atoms with Crippen molar-refractivity contribution in [3.63, 3.8) is 0 Å². The van der Waals surface area contributed by atoms with Crippen molar-refractivity contribution in [3.05, 3.63) is 79.1 Å². The van der Waals surface area contributed by atoms with Crippen LogP contribution in [0.3, 0.4) is 0 Å². The monoisotopic (exact) mass is 424 g/mol. The molecule has 0 aromatic carbocycles. The molecule has 0 saturated heterocycles. The predicted octanol–water partition coefficient (Wildman–Crippen LogP) is 6.49. The van der Waals surface area contributed by atoms with Crippen LogP contribution in [0.2, 0.25) is 0 Å². The Kier molecular flexibility index (Phi) is 6.03. The van der Waals surface area contributed by atoms with E-state index in [0.29, 0.717) is 5.92 Å². The van der Waals surface area contributed by atoms with E-state index in [-0.39, 0.29) is 0 Å². The number of anilines is 1. The average Bonchev–Trinajstić information content (AvgIpc) is 3.34. The van der Waals surface area contributed by atoms with Crippen LogP contribution in [0, 0.1) is 12.8 Å². The molecule has 162 valence electrons. The standard InChI is InChI=1S/C26H28N6/c1-6-7-8-19-11-24(30-18(19)5)26-22-12-23(28-15-25(22)31-32-26)20-10-21(14-27-13-20)29-17(4)9-16(2)3/h6-8,10-16,29-30H,1,4,9H2,2-3,5H3,(H,31,32)/b8-7-. The molecule has 0 aliphatic carbocycles. The highest BCUT2D eigenvalue weighted by Gasteiger charge is 2.14. The summed E-state index contributed by atoms with van der Waals surface area (Å²) in [7, 11) is 0. The van der Waals surface area contributed by atoms with E-state index >= 15 is 0 Å². The van der Waals surface area contributed by atoms with E-state index in [1.807, 2.05) is 43.6 Å².